The molecule has 0 spiro atoms. The lowest BCUT2D eigenvalue weighted by molar-refractivity contribution is -0.116. The summed E-state index contributed by atoms with van der Waals surface area (Å²) in [7, 11) is 0. The number of hydrogen-bond acceptors (Lipinski definition) is 3. The second kappa shape index (κ2) is 8.12. The Balaban J connectivity index is 1.49. The predicted octanol–water partition coefficient (Wildman–Crippen LogP) is 3.18. The molecular weight excluding hydrogens is 316 g/mol. The third-order valence-corrected chi connectivity index (χ3v) is 4.50. The number of nitrogens with one attached hydrogen (secondary N) is 1. The van der Waals surface area contributed by atoms with E-state index in [0.29, 0.717) is 19.1 Å². The number of pyridine rings is 1. The Labute approximate surface area is 147 Å². The Hall–Kier alpha value is -2.40. The standard InChI is InChI=1S/C20H24N2O3/c1-15-5-10-18(25-15)11-12-19(23)21-17-8-6-16(7-9-17)14-22-13-3-2-4-20(22)24/h2-4,6-9,13,15,18H,5,10-12,14H2,1H3,(H,21,23). The van der Waals surface area contributed by atoms with E-state index in [1.807, 2.05) is 30.3 Å². The van der Waals surface area contributed by atoms with Gasteiger partial charge in [-0.05, 0) is 49.9 Å². The molecule has 0 radical (unpaired) electrons. The van der Waals surface area contributed by atoms with Gasteiger partial charge in [-0.3, -0.25) is 9.59 Å². The normalized spacial score (nSPS) is 19.7. The van der Waals surface area contributed by atoms with Crippen molar-refractivity contribution in [2.45, 2.75) is 51.4 Å². The average molecular weight is 340 g/mol. The van der Waals surface area contributed by atoms with Gasteiger partial charge in [0.2, 0.25) is 5.91 Å². The number of amides is 1. The van der Waals surface area contributed by atoms with Gasteiger partial charge in [0.05, 0.1) is 18.8 Å². The van der Waals surface area contributed by atoms with Crippen molar-refractivity contribution >= 4 is 11.6 Å². The molecule has 1 saturated heterocycles. The number of aromatic nitrogens is 1. The molecule has 0 aliphatic carbocycles. The fourth-order valence-corrected chi connectivity index (χ4v) is 3.09. The van der Waals surface area contributed by atoms with Crippen LogP contribution in [0.5, 0.6) is 0 Å². The highest BCUT2D eigenvalue weighted by molar-refractivity contribution is 5.90. The van der Waals surface area contributed by atoms with E-state index >= 15 is 0 Å². The monoisotopic (exact) mass is 340 g/mol. The second-order valence-electron chi connectivity index (χ2n) is 6.60. The maximum Gasteiger partial charge on any atom is 0.250 e. The lowest BCUT2D eigenvalue weighted by Crippen LogP contribution is -2.18. The van der Waals surface area contributed by atoms with Gasteiger partial charge in [-0.1, -0.05) is 18.2 Å². The van der Waals surface area contributed by atoms with Gasteiger partial charge in [-0.25, -0.2) is 0 Å². The van der Waals surface area contributed by atoms with E-state index in [4.69, 9.17) is 4.74 Å². The van der Waals surface area contributed by atoms with Gasteiger partial charge in [0.25, 0.3) is 5.56 Å². The lowest BCUT2D eigenvalue weighted by atomic mass is 10.1. The van der Waals surface area contributed by atoms with Gasteiger partial charge < -0.3 is 14.6 Å². The third-order valence-electron chi connectivity index (χ3n) is 4.50. The number of ether oxygens (including phenoxy) is 1. The number of nitrogens with zero attached hydrogens (tertiary/aromatic N) is 1. The van der Waals surface area contributed by atoms with Crippen LogP contribution < -0.4 is 10.9 Å². The first-order valence-corrected chi connectivity index (χ1v) is 8.80. The van der Waals surface area contributed by atoms with Crippen LogP contribution in [0.25, 0.3) is 0 Å². The molecule has 3 rings (SSSR count). The minimum atomic E-state index is -0.0247. The highest BCUT2D eigenvalue weighted by Crippen LogP contribution is 2.22. The predicted molar refractivity (Wildman–Crippen MR) is 97.7 cm³/mol. The SMILES string of the molecule is CC1CCC(CCC(=O)Nc2ccc(Cn3ccccc3=O)cc2)O1. The summed E-state index contributed by atoms with van der Waals surface area (Å²) in [6.45, 7) is 2.59. The van der Waals surface area contributed by atoms with Crippen LogP contribution in [-0.4, -0.2) is 22.7 Å². The first-order chi connectivity index (χ1) is 12.1. The third kappa shape index (κ3) is 5.03. The molecule has 1 aromatic heterocycles. The van der Waals surface area contributed by atoms with Crippen LogP contribution in [0.4, 0.5) is 5.69 Å². The largest absolute Gasteiger partial charge is 0.375 e. The maximum atomic E-state index is 12.1. The number of anilines is 1. The Bertz CT molecular complexity index is 767. The summed E-state index contributed by atoms with van der Waals surface area (Å²) in [5.41, 5.74) is 1.76. The summed E-state index contributed by atoms with van der Waals surface area (Å²) in [5.74, 6) is 0.00943. The topological polar surface area (TPSA) is 60.3 Å². The zero-order valence-electron chi connectivity index (χ0n) is 14.5. The molecule has 1 aliphatic heterocycles. The Morgan fingerprint density at radius 3 is 2.68 bits per heavy atom. The number of rotatable bonds is 6. The molecule has 5 nitrogen and oxygen atoms in total. The minimum absolute atomic E-state index is 0.00943. The van der Waals surface area contributed by atoms with Crippen molar-refractivity contribution in [2.24, 2.45) is 0 Å². The van der Waals surface area contributed by atoms with Gasteiger partial charge in [0.1, 0.15) is 0 Å². The maximum absolute atomic E-state index is 12.1. The zero-order valence-corrected chi connectivity index (χ0v) is 14.5. The Kier molecular flexibility index (Phi) is 5.66. The summed E-state index contributed by atoms with van der Waals surface area (Å²) in [4.78, 5) is 23.8. The highest BCUT2D eigenvalue weighted by Gasteiger charge is 2.22. The van der Waals surface area contributed by atoms with Crippen molar-refractivity contribution in [1.82, 2.24) is 4.57 Å². The van der Waals surface area contributed by atoms with Crippen LogP contribution in [0.3, 0.4) is 0 Å². The molecule has 132 valence electrons. The molecule has 1 aliphatic rings. The van der Waals surface area contributed by atoms with E-state index < -0.39 is 0 Å². The fraction of sp³-hybridized carbons (Fsp3) is 0.400. The lowest BCUT2D eigenvalue weighted by Gasteiger charge is -2.11. The van der Waals surface area contributed by atoms with Crippen LogP contribution in [0.2, 0.25) is 0 Å². The van der Waals surface area contributed by atoms with E-state index in [1.54, 1.807) is 22.9 Å². The van der Waals surface area contributed by atoms with Gasteiger partial charge in [-0.2, -0.15) is 0 Å². The molecular formula is C20H24N2O3. The molecule has 1 fully saturated rings. The van der Waals surface area contributed by atoms with Gasteiger partial charge in [-0.15, -0.1) is 0 Å². The van der Waals surface area contributed by atoms with Crippen molar-refractivity contribution in [3.05, 3.63) is 64.6 Å². The molecule has 1 amide bonds. The molecule has 1 N–H and O–H groups in total. The van der Waals surface area contributed by atoms with Crippen LogP contribution in [0.1, 0.15) is 38.2 Å². The van der Waals surface area contributed by atoms with Crippen LogP contribution >= 0.6 is 0 Å². The first kappa shape index (κ1) is 17.4. The molecule has 0 saturated carbocycles. The summed E-state index contributed by atoms with van der Waals surface area (Å²) < 4.78 is 7.38. The average Bonchev–Trinajstić information content (AvgIpc) is 3.02. The number of hydrogen-bond donors (Lipinski definition) is 1. The number of benzene rings is 1. The van der Waals surface area contributed by atoms with Crippen molar-refractivity contribution < 1.29 is 9.53 Å². The molecule has 25 heavy (non-hydrogen) atoms. The number of carbonyl (C=O) groups is 1. The summed E-state index contributed by atoms with van der Waals surface area (Å²) in [5, 5.41) is 2.92. The van der Waals surface area contributed by atoms with E-state index in [0.717, 1.165) is 30.5 Å². The van der Waals surface area contributed by atoms with Crippen molar-refractivity contribution in [2.75, 3.05) is 5.32 Å². The molecule has 2 heterocycles. The molecule has 2 aromatic rings. The zero-order chi connectivity index (χ0) is 17.6. The molecule has 1 aromatic carbocycles. The Morgan fingerprint density at radius 1 is 1.20 bits per heavy atom. The van der Waals surface area contributed by atoms with E-state index in [9.17, 15) is 9.59 Å². The fourth-order valence-electron chi connectivity index (χ4n) is 3.09. The Morgan fingerprint density at radius 2 is 2.00 bits per heavy atom. The number of carbonyl (C=O) groups excluding carboxylic acids is 1. The van der Waals surface area contributed by atoms with Crippen molar-refractivity contribution in [3.63, 3.8) is 0 Å². The van der Waals surface area contributed by atoms with Crippen molar-refractivity contribution in [3.8, 4) is 0 Å². The molecule has 2 unspecified atom stereocenters. The minimum Gasteiger partial charge on any atom is -0.375 e. The summed E-state index contributed by atoms with van der Waals surface area (Å²) in [6, 6.07) is 12.7. The second-order valence-corrected chi connectivity index (χ2v) is 6.60. The highest BCUT2D eigenvalue weighted by atomic mass is 16.5. The first-order valence-electron chi connectivity index (χ1n) is 8.80. The smallest absolute Gasteiger partial charge is 0.250 e. The van der Waals surface area contributed by atoms with Crippen LogP contribution in [0, 0.1) is 0 Å². The van der Waals surface area contributed by atoms with E-state index in [2.05, 4.69) is 12.2 Å². The summed E-state index contributed by atoms with van der Waals surface area (Å²) >= 11 is 0. The summed E-state index contributed by atoms with van der Waals surface area (Å²) in [6.07, 6.45) is 5.67. The van der Waals surface area contributed by atoms with Crippen molar-refractivity contribution in [1.29, 1.82) is 0 Å². The van der Waals surface area contributed by atoms with Gasteiger partial charge in [0, 0.05) is 24.4 Å². The van der Waals surface area contributed by atoms with Crippen LogP contribution in [0.15, 0.2) is 53.5 Å². The van der Waals surface area contributed by atoms with E-state index in [-0.39, 0.29) is 17.6 Å². The molecule has 2 atom stereocenters. The van der Waals surface area contributed by atoms with Crippen LogP contribution in [-0.2, 0) is 16.1 Å². The molecule has 5 heteroatoms. The van der Waals surface area contributed by atoms with E-state index in [1.165, 1.54) is 0 Å². The molecule has 0 bridgehead atoms. The quantitative estimate of drug-likeness (QED) is 0.878. The van der Waals surface area contributed by atoms with Gasteiger partial charge in [0.15, 0.2) is 0 Å². The van der Waals surface area contributed by atoms with Gasteiger partial charge >= 0.3 is 0 Å².